The van der Waals surface area contributed by atoms with Crippen LogP contribution in [0.15, 0.2) is 59.5 Å². The summed E-state index contributed by atoms with van der Waals surface area (Å²) in [7, 11) is 0. The number of anilines is 2. The molecule has 2 aromatic carbocycles. The molecule has 5 rings (SSSR count). The lowest BCUT2D eigenvalue weighted by Gasteiger charge is -2.23. The minimum absolute atomic E-state index is 0.0720. The van der Waals surface area contributed by atoms with Crippen molar-refractivity contribution in [2.75, 3.05) is 18.5 Å². The molecule has 0 aliphatic carbocycles. The number of carbonyl (C=O) groups is 1. The van der Waals surface area contributed by atoms with Gasteiger partial charge in [0.1, 0.15) is 23.8 Å². The number of carbonyl (C=O) groups excluding carboxylic acids is 1. The second kappa shape index (κ2) is 10.4. The van der Waals surface area contributed by atoms with Crippen molar-refractivity contribution < 1.29 is 18.7 Å². The highest BCUT2D eigenvalue weighted by Gasteiger charge is 2.19. The fourth-order valence-corrected chi connectivity index (χ4v) is 4.55. The van der Waals surface area contributed by atoms with E-state index < -0.39 is 17.4 Å². The Morgan fingerprint density at radius 1 is 1.24 bits per heavy atom. The molecule has 37 heavy (non-hydrogen) atoms. The number of benzene rings is 2. The van der Waals surface area contributed by atoms with E-state index in [0.29, 0.717) is 23.9 Å². The Morgan fingerprint density at radius 2 is 2.11 bits per heavy atom. The van der Waals surface area contributed by atoms with Gasteiger partial charge in [0.2, 0.25) is 11.9 Å². The van der Waals surface area contributed by atoms with E-state index in [2.05, 4.69) is 10.3 Å². The van der Waals surface area contributed by atoms with Crippen molar-refractivity contribution in [1.82, 2.24) is 14.0 Å². The first-order chi connectivity index (χ1) is 17.9. The van der Waals surface area contributed by atoms with Crippen LogP contribution in [-0.2, 0) is 16.0 Å². The van der Waals surface area contributed by atoms with Crippen molar-refractivity contribution >= 4 is 23.2 Å². The molecule has 1 fully saturated rings. The van der Waals surface area contributed by atoms with Gasteiger partial charge in [0.05, 0.1) is 18.2 Å². The number of nitrogens with two attached hydrogens (primary N) is 1. The van der Waals surface area contributed by atoms with Crippen LogP contribution in [0.3, 0.4) is 0 Å². The highest BCUT2D eigenvalue weighted by Crippen LogP contribution is 2.27. The Hall–Kier alpha value is -4.18. The summed E-state index contributed by atoms with van der Waals surface area (Å²) in [4.78, 5) is 28.8. The monoisotopic (exact) mass is 505 g/mol. The normalized spacial score (nSPS) is 15.6. The van der Waals surface area contributed by atoms with Gasteiger partial charge >= 0.3 is 5.69 Å². The maximum atomic E-state index is 14.2. The van der Waals surface area contributed by atoms with Crippen molar-refractivity contribution in [3.05, 3.63) is 82.2 Å². The zero-order valence-corrected chi connectivity index (χ0v) is 20.4. The van der Waals surface area contributed by atoms with E-state index in [0.717, 1.165) is 36.1 Å². The van der Waals surface area contributed by atoms with Gasteiger partial charge in [-0.3, -0.25) is 9.20 Å². The first kappa shape index (κ1) is 24.5. The summed E-state index contributed by atoms with van der Waals surface area (Å²) in [5.41, 5.74) is 8.05. The Morgan fingerprint density at radius 3 is 2.86 bits per heavy atom. The summed E-state index contributed by atoms with van der Waals surface area (Å²) in [5, 5.41) is 3.21. The first-order valence-corrected chi connectivity index (χ1v) is 12.2. The molecule has 3 N–H and O–H groups in total. The summed E-state index contributed by atoms with van der Waals surface area (Å²) < 4.78 is 29.0. The number of nitrogens with zero attached hydrogens (tertiary/aromatic N) is 3. The fraction of sp³-hybridized carbons (Fsp3) is 0.296. The van der Waals surface area contributed by atoms with Crippen molar-refractivity contribution in [3.8, 4) is 11.4 Å². The van der Waals surface area contributed by atoms with E-state index in [4.69, 9.17) is 15.2 Å². The van der Waals surface area contributed by atoms with Gasteiger partial charge in [0, 0.05) is 24.6 Å². The maximum Gasteiger partial charge on any atom is 0.357 e. The number of nitrogens with one attached hydrogen (secondary N) is 1. The average Bonchev–Trinajstić information content (AvgIpc) is 3.35. The number of aromatic nitrogens is 3. The molecule has 2 aromatic heterocycles. The van der Waals surface area contributed by atoms with Crippen molar-refractivity contribution in [1.29, 1.82) is 0 Å². The zero-order chi connectivity index (χ0) is 25.9. The van der Waals surface area contributed by atoms with Crippen LogP contribution in [0, 0.1) is 12.7 Å². The SMILES string of the molecule is Cc1cc(CC(N)=O)ccc1Nc1nc(=O)n(-c2ccc(F)cc2OCC2CCCCO2)c2cccn12. The second-order valence-electron chi connectivity index (χ2n) is 9.12. The number of halogens is 1. The van der Waals surface area contributed by atoms with E-state index in [-0.39, 0.29) is 24.9 Å². The number of hydrogen-bond acceptors (Lipinski definition) is 6. The smallest absolute Gasteiger partial charge is 0.357 e. The van der Waals surface area contributed by atoms with Crippen LogP contribution in [-0.4, -0.2) is 39.2 Å². The van der Waals surface area contributed by atoms with Crippen LogP contribution in [0.2, 0.25) is 0 Å². The van der Waals surface area contributed by atoms with Crippen LogP contribution in [0.5, 0.6) is 5.75 Å². The molecular weight excluding hydrogens is 477 g/mol. The number of ether oxygens (including phenoxy) is 2. The van der Waals surface area contributed by atoms with Crippen molar-refractivity contribution in [2.45, 2.75) is 38.7 Å². The Labute approximate surface area is 212 Å². The maximum absolute atomic E-state index is 14.2. The van der Waals surface area contributed by atoms with Crippen LogP contribution in [0.25, 0.3) is 11.3 Å². The molecule has 0 spiro atoms. The summed E-state index contributed by atoms with van der Waals surface area (Å²) in [6, 6.07) is 13.1. The van der Waals surface area contributed by atoms with Gasteiger partial charge in [-0.25, -0.2) is 13.8 Å². The quantitative estimate of drug-likeness (QED) is 0.378. The molecule has 192 valence electrons. The van der Waals surface area contributed by atoms with Crippen LogP contribution < -0.4 is 21.5 Å². The molecule has 1 saturated heterocycles. The molecule has 0 bridgehead atoms. The third-order valence-corrected chi connectivity index (χ3v) is 6.35. The number of rotatable bonds is 8. The van der Waals surface area contributed by atoms with E-state index in [1.54, 1.807) is 28.8 Å². The van der Waals surface area contributed by atoms with Crippen molar-refractivity contribution in [3.63, 3.8) is 0 Å². The fourth-order valence-electron chi connectivity index (χ4n) is 4.55. The van der Waals surface area contributed by atoms with Crippen molar-refractivity contribution in [2.24, 2.45) is 5.73 Å². The Bertz CT molecular complexity index is 1510. The highest BCUT2D eigenvalue weighted by molar-refractivity contribution is 5.77. The second-order valence-corrected chi connectivity index (χ2v) is 9.12. The molecule has 1 aliphatic heterocycles. The summed E-state index contributed by atoms with van der Waals surface area (Å²) >= 11 is 0. The van der Waals surface area contributed by atoms with Gasteiger partial charge in [0.25, 0.3) is 0 Å². The molecule has 1 aliphatic rings. The summed E-state index contributed by atoms with van der Waals surface area (Å²) in [6.45, 7) is 2.83. The standard InChI is InChI=1S/C27H28FN5O4/c1-17-13-18(14-24(29)34)7-9-21(17)30-26-31-27(35)33(25-6-4-11-32(25)26)22-10-8-19(28)15-23(22)37-16-20-5-2-3-12-36-20/h4,6-11,13,15,20H,2-3,5,12,14,16H2,1H3,(H2,29,34)(H,30,31,35). The summed E-state index contributed by atoms with van der Waals surface area (Å²) in [6.07, 6.45) is 4.80. The third-order valence-electron chi connectivity index (χ3n) is 6.35. The predicted molar refractivity (Wildman–Crippen MR) is 137 cm³/mol. The minimum Gasteiger partial charge on any atom is -0.489 e. The third kappa shape index (κ3) is 5.34. The zero-order valence-electron chi connectivity index (χ0n) is 20.4. The lowest BCUT2D eigenvalue weighted by Crippen LogP contribution is -2.28. The Kier molecular flexibility index (Phi) is 6.91. The van der Waals surface area contributed by atoms with Gasteiger partial charge in [0.15, 0.2) is 0 Å². The molecular formula is C27H28FN5O4. The highest BCUT2D eigenvalue weighted by atomic mass is 19.1. The van der Waals surface area contributed by atoms with Gasteiger partial charge in [-0.05, 0) is 67.6 Å². The topological polar surface area (TPSA) is 113 Å². The van der Waals surface area contributed by atoms with E-state index in [9.17, 15) is 14.0 Å². The van der Waals surface area contributed by atoms with Gasteiger partial charge in [-0.2, -0.15) is 4.98 Å². The molecule has 0 saturated carbocycles. The van der Waals surface area contributed by atoms with Gasteiger partial charge in [-0.1, -0.05) is 12.1 Å². The van der Waals surface area contributed by atoms with Crippen LogP contribution >= 0.6 is 0 Å². The molecule has 9 nitrogen and oxygen atoms in total. The van der Waals surface area contributed by atoms with E-state index in [1.807, 2.05) is 19.1 Å². The largest absolute Gasteiger partial charge is 0.489 e. The molecule has 1 amide bonds. The molecule has 4 aromatic rings. The number of amides is 1. The molecule has 0 radical (unpaired) electrons. The number of fused-ring (bicyclic) bond motifs is 1. The van der Waals surface area contributed by atoms with Gasteiger partial charge in [-0.15, -0.1) is 0 Å². The molecule has 1 unspecified atom stereocenters. The molecule has 1 atom stereocenters. The van der Waals surface area contributed by atoms with Crippen LogP contribution in [0.4, 0.5) is 16.0 Å². The predicted octanol–water partition coefficient (Wildman–Crippen LogP) is 3.65. The first-order valence-electron chi connectivity index (χ1n) is 12.2. The van der Waals surface area contributed by atoms with Gasteiger partial charge < -0.3 is 20.5 Å². The van der Waals surface area contributed by atoms with E-state index >= 15 is 0 Å². The number of hydrogen-bond donors (Lipinski definition) is 2. The summed E-state index contributed by atoms with van der Waals surface area (Å²) in [5.74, 6) is -0.325. The number of primary amides is 1. The Balaban J connectivity index is 1.49. The lowest BCUT2D eigenvalue weighted by molar-refractivity contribution is -0.117. The number of aryl methyl sites for hydroxylation is 1. The average molecular weight is 506 g/mol. The van der Waals surface area contributed by atoms with E-state index in [1.165, 1.54) is 22.8 Å². The van der Waals surface area contributed by atoms with Crippen LogP contribution in [0.1, 0.15) is 30.4 Å². The minimum atomic E-state index is -0.554. The molecule has 3 heterocycles. The molecule has 10 heteroatoms. The lowest BCUT2D eigenvalue weighted by atomic mass is 10.1.